The van der Waals surface area contributed by atoms with Crippen molar-refractivity contribution in [2.45, 2.75) is 71.4 Å². The molecule has 1 fully saturated rings. The first kappa shape index (κ1) is 27.3. The van der Waals surface area contributed by atoms with Crippen molar-refractivity contribution in [2.75, 3.05) is 26.8 Å². The highest BCUT2D eigenvalue weighted by Gasteiger charge is 2.16. The van der Waals surface area contributed by atoms with E-state index in [0.717, 1.165) is 29.9 Å². The smallest absolute Gasteiger partial charge is 0.221 e. The van der Waals surface area contributed by atoms with Gasteiger partial charge in [0.15, 0.2) is 17.5 Å². The second-order valence-electron chi connectivity index (χ2n) is 7.59. The second kappa shape index (κ2) is 15.2. The third kappa shape index (κ3) is 9.53. The van der Waals surface area contributed by atoms with Crippen LogP contribution in [0.4, 0.5) is 0 Å². The summed E-state index contributed by atoms with van der Waals surface area (Å²) in [6.07, 6.45) is 6.36. The molecule has 1 aromatic carbocycles. The Balaban J connectivity index is 0.00000480. The van der Waals surface area contributed by atoms with Gasteiger partial charge in [-0.3, -0.25) is 9.79 Å². The van der Waals surface area contributed by atoms with Crippen LogP contribution in [0.25, 0.3) is 0 Å². The summed E-state index contributed by atoms with van der Waals surface area (Å²) >= 11 is 0. The summed E-state index contributed by atoms with van der Waals surface area (Å²) in [7, 11) is 1.73. The van der Waals surface area contributed by atoms with Crippen LogP contribution in [0.1, 0.15) is 70.9 Å². The van der Waals surface area contributed by atoms with Crippen molar-refractivity contribution in [2.24, 2.45) is 4.99 Å². The quantitative estimate of drug-likeness (QED) is 0.233. The van der Waals surface area contributed by atoms with Gasteiger partial charge in [-0.05, 0) is 51.3 Å². The molecule has 0 spiro atoms. The number of carbonyl (C=O) groups excluding carboxylic acids is 1. The highest BCUT2D eigenvalue weighted by molar-refractivity contribution is 14.0. The van der Waals surface area contributed by atoms with Crippen molar-refractivity contribution in [3.8, 4) is 11.5 Å². The molecular weight excluding hydrogens is 507 g/mol. The fourth-order valence-corrected chi connectivity index (χ4v) is 3.66. The van der Waals surface area contributed by atoms with Gasteiger partial charge in [-0.25, -0.2) is 0 Å². The summed E-state index contributed by atoms with van der Waals surface area (Å²) in [5, 5.41) is 9.75. The van der Waals surface area contributed by atoms with Crippen LogP contribution in [-0.4, -0.2) is 44.7 Å². The number of nitrogens with zero attached hydrogens (tertiary/aromatic N) is 1. The first-order valence-electron chi connectivity index (χ1n) is 11.2. The average molecular weight is 546 g/mol. The van der Waals surface area contributed by atoms with Crippen LogP contribution in [0.15, 0.2) is 23.2 Å². The minimum absolute atomic E-state index is 0. The van der Waals surface area contributed by atoms with Crippen LogP contribution in [0, 0.1) is 0 Å². The molecule has 0 heterocycles. The van der Waals surface area contributed by atoms with Gasteiger partial charge in [-0.2, -0.15) is 0 Å². The summed E-state index contributed by atoms with van der Waals surface area (Å²) in [6, 6.07) is 6.33. The summed E-state index contributed by atoms with van der Waals surface area (Å²) in [4.78, 5) is 16.5. The maximum atomic E-state index is 12.2. The molecule has 1 aliphatic carbocycles. The molecule has 0 bridgehead atoms. The molecular formula is C23H39IN4O3. The van der Waals surface area contributed by atoms with E-state index in [1.807, 2.05) is 32.0 Å². The normalized spacial score (nSPS) is 15.4. The molecule has 1 aliphatic rings. The highest BCUT2D eigenvalue weighted by atomic mass is 127. The molecule has 3 N–H and O–H groups in total. The van der Waals surface area contributed by atoms with Crippen LogP contribution in [0.5, 0.6) is 11.5 Å². The first-order valence-corrected chi connectivity index (χ1v) is 11.2. The maximum Gasteiger partial charge on any atom is 0.221 e. The van der Waals surface area contributed by atoms with Gasteiger partial charge in [-0.15, -0.1) is 24.0 Å². The fourth-order valence-electron chi connectivity index (χ4n) is 3.66. The van der Waals surface area contributed by atoms with Crippen LogP contribution in [0.2, 0.25) is 0 Å². The Kier molecular flexibility index (Phi) is 13.4. The summed E-state index contributed by atoms with van der Waals surface area (Å²) < 4.78 is 11.4. The Morgan fingerprint density at radius 1 is 1.13 bits per heavy atom. The molecule has 1 saturated carbocycles. The molecule has 0 aliphatic heterocycles. The third-order valence-corrected chi connectivity index (χ3v) is 5.26. The van der Waals surface area contributed by atoms with Gasteiger partial charge in [0.25, 0.3) is 0 Å². The average Bonchev–Trinajstić information content (AvgIpc) is 2.75. The van der Waals surface area contributed by atoms with Crippen LogP contribution < -0.4 is 25.4 Å². The molecule has 31 heavy (non-hydrogen) atoms. The Morgan fingerprint density at radius 3 is 2.45 bits per heavy atom. The number of nitrogens with one attached hydrogen (secondary N) is 3. The minimum Gasteiger partial charge on any atom is -0.490 e. The number of ether oxygens (including phenoxy) is 2. The fraction of sp³-hybridized carbons (Fsp3) is 0.652. The van der Waals surface area contributed by atoms with E-state index in [1.165, 1.54) is 19.3 Å². The van der Waals surface area contributed by atoms with Crippen LogP contribution >= 0.6 is 24.0 Å². The highest BCUT2D eigenvalue weighted by Crippen LogP contribution is 2.30. The monoisotopic (exact) mass is 546 g/mol. The van der Waals surface area contributed by atoms with Crippen molar-refractivity contribution in [1.29, 1.82) is 0 Å². The lowest BCUT2D eigenvalue weighted by Gasteiger charge is -2.23. The Morgan fingerprint density at radius 2 is 1.81 bits per heavy atom. The Labute approximate surface area is 204 Å². The number of carbonyl (C=O) groups is 1. The van der Waals surface area contributed by atoms with Gasteiger partial charge >= 0.3 is 0 Å². The van der Waals surface area contributed by atoms with Crippen molar-refractivity contribution in [1.82, 2.24) is 16.0 Å². The summed E-state index contributed by atoms with van der Waals surface area (Å²) in [5.41, 5.74) is 1.07. The molecule has 7 nitrogen and oxygen atoms in total. The zero-order valence-corrected chi connectivity index (χ0v) is 21.7. The van der Waals surface area contributed by atoms with Crippen LogP contribution in [-0.2, 0) is 4.79 Å². The number of hydrogen-bond acceptors (Lipinski definition) is 4. The van der Waals surface area contributed by atoms with Crippen LogP contribution in [0.3, 0.4) is 0 Å². The van der Waals surface area contributed by atoms with E-state index in [1.54, 1.807) is 7.05 Å². The van der Waals surface area contributed by atoms with E-state index in [9.17, 15) is 4.79 Å². The lowest BCUT2D eigenvalue weighted by atomic mass is 9.95. The van der Waals surface area contributed by atoms with Gasteiger partial charge in [0.1, 0.15) is 0 Å². The van der Waals surface area contributed by atoms with Crippen molar-refractivity contribution in [3.05, 3.63) is 23.8 Å². The van der Waals surface area contributed by atoms with E-state index in [-0.39, 0.29) is 35.9 Å². The number of rotatable bonds is 10. The van der Waals surface area contributed by atoms with Gasteiger partial charge < -0.3 is 25.4 Å². The Bertz CT molecular complexity index is 693. The van der Waals surface area contributed by atoms with Gasteiger partial charge in [0.05, 0.1) is 19.3 Å². The van der Waals surface area contributed by atoms with E-state index in [0.29, 0.717) is 38.2 Å². The van der Waals surface area contributed by atoms with E-state index >= 15 is 0 Å². The predicted molar refractivity (Wildman–Crippen MR) is 137 cm³/mol. The molecule has 176 valence electrons. The van der Waals surface area contributed by atoms with Gasteiger partial charge in [-0.1, -0.05) is 25.3 Å². The standard InChI is InChI=1S/C23H38N4O3.HI/c1-5-29-20-13-12-18(16-21(20)30-6-2)17(3)26-23(24-4)25-15-14-22(28)27-19-10-8-7-9-11-19;/h12-13,16-17,19H,5-11,14-15H2,1-4H3,(H,27,28)(H2,24,25,26);1H. The van der Waals surface area contributed by atoms with Crippen molar-refractivity contribution < 1.29 is 14.3 Å². The topological polar surface area (TPSA) is 84.0 Å². The molecule has 0 aromatic heterocycles. The molecule has 8 heteroatoms. The number of aliphatic imine (C=N–C) groups is 1. The number of benzene rings is 1. The first-order chi connectivity index (χ1) is 14.6. The maximum absolute atomic E-state index is 12.2. The van der Waals surface area contributed by atoms with Gasteiger partial charge in [0, 0.05) is 26.1 Å². The molecule has 1 unspecified atom stereocenters. The predicted octanol–water partition coefficient (Wildman–Crippen LogP) is 4.17. The molecule has 0 radical (unpaired) electrons. The second-order valence-corrected chi connectivity index (χ2v) is 7.59. The number of halogens is 1. The zero-order chi connectivity index (χ0) is 21.8. The zero-order valence-electron chi connectivity index (χ0n) is 19.3. The van der Waals surface area contributed by atoms with Gasteiger partial charge in [0.2, 0.25) is 5.91 Å². The van der Waals surface area contributed by atoms with E-state index in [2.05, 4.69) is 27.9 Å². The molecule has 0 saturated heterocycles. The Hall–Kier alpha value is -1.71. The van der Waals surface area contributed by atoms with E-state index in [4.69, 9.17) is 9.47 Å². The van der Waals surface area contributed by atoms with Crippen molar-refractivity contribution in [3.63, 3.8) is 0 Å². The molecule has 1 aromatic rings. The SMILES string of the molecule is CCOc1ccc(C(C)NC(=NC)NCCC(=O)NC2CCCCC2)cc1OCC.I. The summed E-state index contributed by atoms with van der Waals surface area (Å²) in [6.45, 7) is 7.70. The minimum atomic E-state index is 0. The number of guanidine groups is 1. The lowest BCUT2D eigenvalue weighted by Crippen LogP contribution is -2.42. The number of hydrogen-bond donors (Lipinski definition) is 3. The lowest BCUT2D eigenvalue weighted by molar-refractivity contribution is -0.121. The van der Waals surface area contributed by atoms with E-state index < -0.39 is 0 Å². The molecule has 1 atom stereocenters. The third-order valence-electron chi connectivity index (χ3n) is 5.26. The largest absolute Gasteiger partial charge is 0.490 e. The molecule has 1 amide bonds. The summed E-state index contributed by atoms with van der Waals surface area (Å²) in [5.74, 6) is 2.26. The molecule has 2 rings (SSSR count). The number of amides is 1. The van der Waals surface area contributed by atoms with Crippen molar-refractivity contribution >= 4 is 35.8 Å².